The summed E-state index contributed by atoms with van der Waals surface area (Å²) >= 11 is 0. The highest BCUT2D eigenvalue weighted by Crippen LogP contribution is 2.37. The van der Waals surface area contributed by atoms with Gasteiger partial charge in [-0.2, -0.15) is 26.3 Å². The lowest BCUT2D eigenvalue weighted by molar-refractivity contribution is -0.156. The number of alkyl halides is 6. The zero-order valence-electron chi connectivity index (χ0n) is 55.9. The first kappa shape index (κ1) is 76.6. The van der Waals surface area contributed by atoms with Crippen molar-refractivity contribution in [2.75, 3.05) is 44.5 Å². The van der Waals surface area contributed by atoms with Gasteiger partial charge in [0, 0.05) is 35.6 Å². The quantitative estimate of drug-likeness (QED) is 0.0188. The van der Waals surface area contributed by atoms with Gasteiger partial charge in [-0.25, -0.2) is 4.79 Å². The van der Waals surface area contributed by atoms with E-state index in [0.717, 1.165) is 25.0 Å². The Labute approximate surface area is 565 Å². The Kier molecular flexibility index (Phi) is 27.4. The van der Waals surface area contributed by atoms with Crippen molar-refractivity contribution in [1.29, 1.82) is 0 Å². The molecule has 4 amide bonds. The number of phenolic OH excluding ortho intramolecular Hbond substituents is 1. The molecule has 7 aromatic carbocycles. The number of esters is 3. The molecule has 0 aromatic heterocycles. The minimum Gasteiger partial charge on any atom is -0.508 e. The molecule has 24 heteroatoms. The number of aromatic hydroxyl groups is 1. The van der Waals surface area contributed by atoms with Crippen LogP contribution < -0.4 is 29.6 Å². The van der Waals surface area contributed by atoms with E-state index in [1.54, 1.807) is 102 Å². The summed E-state index contributed by atoms with van der Waals surface area (Å²) in [4.78, 5) is 93.2. The Morgan fingerprint density at radius 2 is 0.837 bits per heavy atom. The Morgan fingerprint density at radius 3 is 1.22 bits per heavy atom. The zero-order chi connectivity index (χ0) is 72.0. The third kappa shape index (κ3) is 25.3. The molecule has 522 valence electrons. The normalized spacial score (nSPS) is 11.4. The lowest BCUT2D eigenvalue weighted by atomic mass is 10.0. The van der Waals surface area contributed by atoms with Crippen molar-refractivity contribution in [1.82, 2.24) is 9.80 Å². The van der Waals surface area contributed by atoms with E-state index in [0.29, 0.717) is 29.0 Å². The molecule has 0 heterocycles. The molecular weight excluding hydrogens is 1280 g/mol. The molecule has 18 nitrogen and oxygen atoms in total. The lowest BCUT2D eigenvalue weighted by Gasteiger charge is -2.25. The smallest absolute Gasteiger partial charge is 0.416 e. The second-order valence-corrected chi connectivity index (χ2v) is 24.6. The Balaban J connectivity index is 0.000000326. The summed E-state index contributed by atoms with van der Waals surface area (Å²) < 4.78 is 113. The van der Waals surface area contributed by atoms with Gasteiger partial charge >= 0.3 is 30.3 Å². The van der Waals surface area contributed by atoms with Gasteiger partial charge in [0.2, 0.25) is 11.8 Å². The number of amides is 4. The SMILES string of the molecule is CCCCCCCOc1ccc(C(=O)Oc2ccc(CN(CC(=O)OC(C)(C)C)C(=O)c3ccc(NC(=O)Cc4ccc(OC)cc4C(F)(F)F)cc3)cc2)cc1.COc1ccc(CC(=O)Nc2ccc(C(=O)N(CC(=O)OC(C)(C)C)Cc3ccc(O)cc3)cc2)c(C(F)(F)F)c1. The maximum atomic E-state index is 13.7. The average molecular weight is 1360 g/mol. The van der Waals surface area contributed by atoms with Crippen molar-refractivity contribution >= 4 is 52.9 Å². The monoisotopic (exact) mass is 1360 g/mol. The van der Waals surface area contributed by atoms with Crippen LogP contribution in [0, 0.1) is 0 Å². The van der Waals surface area contributed by atoms with Crippen molar-refractivity contribution in [2.45, 2.75) is 130 Å². The molecule has 0 saturated heterocycles. The Morgan fingerprint density at radius 1 is 0.459 bits per heavy atom. The van der Waals surface area contributed by atoms with Crippen LogP contribution in [-0.4, -0.2) is 102 Å². The van der Waals surface area contributed by atoms with Gasteiger partial charge in [-0.1, -0.05) is 69.0 Å². The molecule has 0 spiro atoms. The predicted molar refractivity (Wildman–Crippen MR) is 355 cm³/mol. The minimum atomic E-state index is -4.69. The fourth-order valence-corrected chi connectivity index (χ4v) is 9.63. The molecule has 0 aliphatic carbocycles. The summed E-state index contributed by atoms with van der Waals surface area (Å²) in [5, 5.41) is 14.6. The number of methoxy groups -OCH3 is 2. The number of ether oxygens (including phenoxy) is 6. The second kappa shape index (κ2) is 35.0. The van der Waals surface area contributed by atoms with Crippen molar-refractivity contribution in [3.8, 4) is 28.7 Å². The van der Waals surface area contributed by atoms with E-state index in [-0.39, 0.29) is 82.8 Å². The number of nitrogens with zero attached hydrogens (tertiary/aromatic N) is 2. The number of hydrogen-bond acceptors (Lipinski definition) is 14. The number of nitrogens with one attached hydrogen (secondary N) is 2. The van der Waals surface area contributed by atoms with Crippen molar-refractivity contribution in [3.05, 3.63) is 208 Å². The predicted octanol–water partition coefficient (Wildman–Crippen LogP) is 15.0. The van der Waals surface area contributed by atoms with Crippen LogP contribution in [-0.2, 0) is 66.9 Å². The van der Waals surface area contributed by atoms with Crippen LogP contribution in [0.5, 0.6) is 28.7 Å². The number of carbonyl (C=O) groups is 7. The van der Waals surface area contributed by atoms with Gasteiger partial charge in [-0.3, -0.25) is 28.8 Å². The van der Waals surface area contributed by atoms with E-state index in [1.165, 1.54) is 128 Å². The number of benzene rings is 7. The third-order valence-corrected chi connectivity index (χ3v) is 14.3. The number of anilines is 2. The van der Waals surface area contributed by atoms with E-state index >= 15 is 0 Å². The molecule has 0 bridgehead atoms. The van der Waals surface area contributed by atoms with E-state index in [4.69, 9.17) is 28.4 Å². The molecule has 0 aliphatic rings. The molecule has 98 heavy (non-hydrogen) atoms. The highest BCUT2D eigenvalue weighted by molar-refractivity contribution is 5.99. The second-order valence-electron chi connectivity index (χ2n) is 24.6. The molecule has 0 radical (unpaired) electrons. The standard InChI is InChI=1S/C44H49F3N2O8.C30H31F3N2O6/c1-6-7-8-9-10-25-55-35-22-15-32(16-23-35)42(53)56-36-20-11-30(12-21-36)28-49(29-40(51)57-43(2,3)4)41(52)31-13-18-34(19-14-31)48-39(50)26-33-17-24-37(54-5)27-38(33)44(45,46)47;1-29(2,3)41-27(38)18-35(17-19-5-12-23(36)13-6-19)28(39)20-7-10-22(11-8-20)34-26(37)15-21-9-14-24(40-4)16-25(21)30(31,32)33/h11-24,27H,6-10,25-26,28-29H2,1-5H3,(H,48,50);5-14,16,36H,15,17-18H2,1-4H3,(H,34,37). The topological polar surface area (TPSA) is 226 Å². The molecule has 0 saturated carbocycles. The number of hydrogen-bond donors (Lipinski definition) is 3. The highest BCUT2D eigenvalue weighted by atomic mass is 19.4. The van der Waals surface area contributed by atoms with Crippen molar-refractivity contribution in [2.24, 2.45) is 0 Å². The van der Waals surface area contributed by atoms with Crippen LogP contribution in [0.2, 0.25) is 0 Å². The number of phenols is 1. The van der Waals surface area contributed by atoms with Crippen LogP contribution in [0.4, 0.5) is 37.7 Å². The van der Waals surface area contributed by atoms with Crippen LogP contribution in [0.3, 0.4) is 0 Å². The van der Waals surface area contributed by atoms with E-state index in [1.807, 2.05) is 0 Å². The maximum Gasteiger partial charge on any atom is 0.416 e. The van der Waals surface area contributed by atoms with Crippen molar-refractivity contribution in [3.63, 3.8) is 0 Å². The number of carbonyl (C=O) groups excluding carboxylic acids is 7. The Bertz CT molecular complexity index is 3830. The van der Waals surface area contributed by atoms with E-state index in [2.05, 4.69) is 17.6 Å². The van der Waals surface area contributed by atoms with Gasteiger partial charge in [0.05, 0.1) is 50.4 Å². The largest absolute Gasteiger partial charge is 0.508 e. The number of halogens is 6. The summed E-state index contributed by atoms with van der Waals surface area (Å²) in [7, 11) is 2.50. The maximum absolute atomic E-state index is 13.7. The molecule has 7 aromatic rings. The van der Waals surface area contributed by atoms with Crippen LogP contribution in [0.25, 0.3) is 0 Å². The fraction of sp³-hybridized carbons (Fsp3) is 0.338. The molecule has 0 atom stereocenters. The fourth-order valence-electron chi connectivity index (χ4n) is 9.63. The molecule has 3 N–H and O–H groups in total. The van der Waals surface area contributed by atoms with Gasteiger partial charge in [0.1, 0.15) is 53.0 Å². The van der Waals surface area contributed by atoms with Crippen LogP contribution in [0.15, 0.2) is 158 Å². The molecular formula is C74H80F6N4O14. The first-order valence-corrected chi connectivity index (χ1v) is 31.3. The highest BCUT2D eigenvalue weighted by Gasteiger charge is 2.36. The van der Waals surface area contributed by atoms with Gasteiger partial charge in [-0.15, -0.1) is 0 Å². The van der Waals surface area contributed by atoms with Gasteiger partial charge in [0.25, 0.3) is 11.8 Å². The van der Waals surface area contributed by atoms with Crippen LogP contribution >= 0.6 is 0 Å². The Hall–Kier alpha value is -10.4. The summed E-state index contributed by atoms with van der Waals surface area (Å²) in [6, 6.07) is 37.7. The lowest BCUT2D eigenvalue weighted by Crippen LogP contribution is -2.38. The van der Waals surface area contributed by atoms with E-state index in [9.17, 15) is 65.0 Å². The molecule has 7 rings (SSSR count). The number of unbranched alkanes of at least 4 members (excludes halogenated alkanes) is 4. The summed E-state index contributed by atoms with van der Waals surface area (Å²) in [6.45, 7) is 12.4. The van der Waals surface area contributed by atoms with E-state index < -0.39 is 89.1 Å². The molecule has 0 unspecified atom stereocenters. The first-order valence-electron chi connectivity index (χ1n) is 31.3. The van der Waals surface area contributed by atoms with Crippen molar-refractivity contribution < 1.29 is 93.4 Å². The summed E-state index contributed by atoms with van der Waals surface area (Å²) in [6.07, 6.45) is -4.78. The summed E-state index contributed by atoms with van der Waals surface area (Å²) in [5.74, 6) is -3.15. The molecule has 0 fully saturated rings. The zero-order valence-corrected chi connectivity index (χ0v) is 55.9. The summed E-state index contributed by atoms with van der Waals surface area (Å²) in [5.41, 5.74) is -1.38. The van der Waals surface area contributed by atoms with Gasteiger partial charge < -0.3 is 54.0 Å². The van der Waals surface area contributed by atoms with Gasteiger partial charge in [-0.05, 0) is 192 Å². The first-order chi connectivity index (χ1) is 46.2. The third-order valence-electron chi connectivity index (χ3n) is 14.3. The van der Waals surface area contributed by atoms with Gasteiger partial charge in [0.15, 0.2) is 0 Å². The molecule has 0 aliphatic heterocycles. The van der Waals surface area contributed by atoms with Crippen LogP contribution in [0.1, 0.15) is 145 Å². The minimum absolute atomic E-state index is 0.00570. The average Bonchev–Trinajstić information content (AvgIpc) is 0.831. The number of rotatable bonds is 27.